The molecule has 0 aliphatic heterocycles. The number of fused-ring (bicyclic) bond motifs is 1. The van der Waals surface area contributed by atoms with Crippen molar-refractivity contribution in [2.45, 2.75) is 38.8 Å². The lowest BCUT2D eigenvalue weighted by Crippen LogP contribution is -2.34. The summed E-state index contributed by atoms with van der Waals surface area (Å²) in [4.78, 5) is 16.4. The molecule has 2 amide bonds. The minimum atomic E-state index is -0.264. The van der Waals surface area contributed by atoms with Gasteiger partial charge in [-0.15, -0.1) is 0 Å². The van der Waals surface area contributed by atoms with Gasteiger partial charge in [-0.1, -0.05) is 6.07 Å². The van der Waals surface area contributed by atoms with E-state index >= 15 is 0 Å². The molecule has 0 saturated carbocycles. The number of nitrogens with one attached hydrogen (secondary N) is 2. The first-order chi connectivity index (χ1) is 11.2. The van der Waals surface area contributed by atoms with Gasteiger partial charge in [0.15, 0.2) is 0 Å². The Bertz CT molecular complexity index is 698. The fourth-order valence-corrected chi connectivity index (χ4v) is 2.97. The molecular formula is C16H21N5O2. The first-order valence-corrected chi connectivity index (χ1v) is 7.83. The van der Waals surface area contributed by atoms with E-state index in [2.05, 4.69) is 20.7 Å². The van der Waals surface area contributed by atoms with Gasteiger partial charge in [0.1, 0.15) is 5.82 Å². The number of aromatic nitrogens is 3. The molecule has 0 unspecified atom stereocenters. The molecule has 23 heavy (non-hydrogen) atoms. The molecule has 1 atom stereocenters. The summed E-state index contributed by atoms with van der Waals surface area (Å²) in [5.74, 6) is 0.567. The molecule has 7 heteroatoms. The van der Waals surface area contributed by atoms with Gasteiger partial charge in [0.05, 0.1) is 25.4 Å². The van der Waals surface area contributed by atoms with Gasteiger partial charge in [0.2, 0.25) is 0 Å². The largest absolute Gasteiger partial charge is 0.394 e. The smallest absolute Gasteiger partial charge is 0.320 e. The molecule has 2 aromatic heterocycles. The van der Waals surface area contributed by atoms with E-state index in [1.807, 2.05) is 23.7 Å². The maximum absolute atomic E-state index is 12.2. The van der Waals surface area contributed by atoms with Gasteiger partial charge in [-0.05, 0) is 37.8 Å². The van der Waals surface area contributed by atoms with Crippen LogP contribution in [0.3, 0.4) is 0 Å². The third kappa shape index (κ3) is 3.34. The van der Waals surface area contributed by atoms with Crippen LogP contribution >= 0.6 is 0 Å². The molecule has 7 nitrogen and oxygen atoms in total. The zero-order chi connectivity index (χ0) is 16.2. The molecule has 122 valence electrons. The fourth-order valence-electron chi connectivity index (χ4n) is 2.97. The number of nitrogens with zero attached hydrogens (tertiary/aromatic N) is 3. The lowest BCUT2D eigenvalue weighted by molar-refractivity contribution is 0.246. The molecule has 0 fully saturated rings. The molecule has 0 aromatic carbocycles. The van der Waals surface area contributed by atoms with Crippen molar-refractivity contribution >= 4 is 11.8 Å². The van der Waals surface area contributed by atoms with Crippen molar-refractivity contribution in [3.63, 3.8) is 0 Å². The number of rotatable bonds is 4. The maximum Gasteiger partial charge on any atom is 0.320 e. The van der Waals surface area contributed by atoms with E-state index in [1.54, 1.807) is 12.4 Å². The summed E-state index contributed by atoms with van der Waals surface area (Å²) in [5, 5.41) is 19.2. The van der Waals surface area contributed by atoms with E-state index in [9.17, 15) is 4.79 Å². The molecule has 0 saturated heterocycles. The lowest BCUT2D eigenvalue weighted by atomic mass is 9.93. The number of hydrogen-bond acceptors (Lipinski definition) is 4. The number of aliphatic hydroxyl groups is 1. The highest BCUT2D eigenvalue weighted by atomic mass is 16.3. The molecule has 0 spiro atoms. The highest BCUT2D eigenvalue weighted by Gasteiger charge is 2.25. The molecule has 0 bridgehead atoms. The van der Waals surface area contributed by atoms with Crippen LogP contribution < -0.4 is 10.6 Å². The SMILES string of the molecule is Cc1cccnc1NC(=O)N[C@H]1CCCc2c1cnn2CCO. The zero-order valence-corrected chi connectivity index (χ0v) is 13.1. The highest BCUT2D eigenvalue weighted by molar-refractivity contribution is 5.89. The second kappa shape index (κ2) is 6.78. The van der Waals surface area contributed by atoms with Crippen LogP contribution in [-0.4, -0.2) is 32.5 Å². The van der Waals surface area contributed by atoms with Crippen LogP contribution in [0.5, 0.6) is 0 Å². The van der Waals surface area contributed by atoms with Crippen LogP contribution in [0.1, 0.15) is 35.7 Å². The summed E-state index contributed by atoms with van der Waals surface area (Å²) in [6.07, 6.45) is 6.24. The summed E-state index contributed by atoms with van der Waals surface area (Å²) in [6, 6.07) is 3.41. The zero-order valence-electron chi connectivity index (χ0n) is 13.1. The number of amides is 2. The van der Waals surface area contributed by atoms with Crippen LogP contribution in [0.15, 0.2) is 24.5 Å². The van der Waals surface area contributed by atoms with Crippen molar-refractivity contribution in [2.24, 2.45) is 0 Å². The quantitative estimate of drug-likeness (QED) is 0.802. The predicted octanol–water partition coefficient (Wildman–Crippen LogP) is 1.78. The maximum atomic E-state index is 12.2. The first-order valence-electron chi connectivity index (χ1n) is 7.83. The van der Waals surface area contributed by atoms with E-state index in [4.69, 9.17) is 5.11 Å². The molecular weight excluding hydrogens is 294 g/mol. The molecule has 1 aliphatic carbocycles. The van der Waals surface area contributed by atoms with E-state index in [0.717, 1.165) is 36.1 Å². The van der Waals surface area contributed by atoms with Gasteiger partial charge in [-0.25, -0.2) is 9.78 Å². The Morgan fingerprint density at radius 2 is 2.39 bits per heavy atom. The summed E-state index contributed by atoms with van der Waals surface area (Å²) in [6.45, 7) is 2.45. The van der Waals surface area contributed by atoms with Crippen molar-refractivity contribution in [1.29, 1.82) is 0 Å². The number of carbonyl (C=O) groups excluding carboxylic acids is 1. The summed E-state index contributed by atoms with van der Waals surface area (Å²) in [5.41, 5.74) is 3.06. The summed E-state index contributed by atoms with van der Waals surface area (Å²) < 4.78 is 1.82. The van der Waals surface area contributed by atoms with E-state index in [0.29, 0.717) is 12.4 Å². The second-order valence-electron chi connectivity index (χ2n) is 5.71. The number of pyridine rings is 1. The van der Waals surface area contributed by atoms with Gasteiger partial charge in [-0.2, -0.15) is 5.10 Å². The van der Waals surface area contributed by atoms with Crippen LogP contribution in [0, 0.1) is 6.92 Å². The van der Waals surface area contributed by atoms with Gasteiger partial charge in [0, 0.05) is 17.5 Å². The lowest BCUT2D eigenvalue weighted by Gasteiger charge is -2.24. The topological polar surface area (TPSA) is 92.1 Å². The number of anilines is 1. The number of aryl methyl sites for hydroxylation is 1. The normalized spacial score (nSPS) is 16.7. The number of carbonyl (C=O) groups is 1. The molecule has 2 heterocycles. The molecule has 2 aromatic rings. The third-order valence-electron chi connectivity index (χ3n) is 4.12. The molecule has 0 radical (unpaired) electrons. The Labute approximate surface area is 134 Å². The van der Waals surface area contributed by atoms with Crippen molar-refractivity contribution in [1.82, 2.24) is 20.1 Å². The molecule has 1 aliphatic rings. The Morgan fingerprint density at radius 1 is 1.52 bits per heavy atom. The van der Waals surface area contributed by atoms with E-state index in [-0.39, 0.29) is 18.7 Å². The standard InChI is InChI=1S/C16H21N5O2/c1-11-4-3-7-17-15(11)20-16(23)19-13-5-2-6-14-12(13)10-18-21(14)8-9-22/h3-4,7,10,13,22H,2,5-6,8-9H2,1H3,(H2,17,19,20,23)/t13-/m0/s1. The van der Waals surface area contributed by atoms with Crippen molar-refractivity contribution in [2.75, 3.05) is 11.9 Å². The number of aliphatic hydroxyl groups excluding tert-OH is 1. The van der Waals surface area contributed by atoms with Crippen LogP contribution in [0.25, 0.3) is 0 Å². The minimum absolute atomic E-state index is 0.0600. The summed E-state index contributed by atoms with van der Waals surface area (Å²) >= 11 is 0. The Balaban J connectivity index is 1.70. The monoisotopic (exact) mass is 315 g/mol. The van der Waals surface area contributed by atoms with Gasteiger partial charge < -0.3 is 10.4 Å². The van der Waals surface area contributed by atoms with Crippen molar-refractivity contribution in [3.05, 3.63) is 41.3 Å². The van der Waals surface area contributed by atoms with Crippen molar-refractivity contribution in [3.8, 4) is 0 Å². The minimum Gasteiger partial charge on any atom is -0.394 e. The Morgan fingerprint density at radius 3 is 3.17 bits per heavy atom. The van der Waals surface area contributed by atoms with Crippen molar-refractivity contribution < 1.29 is 9.90 Å². The van der Waals surface area contributed by atoms with Gasteiger partial charge in [-0.3, -0.25) is 10.00 Å². The molecule has 3 rings (SSSR count). The summed E-state index contributed by atoms with van der Waals surface area (Å²) in [7, 11) is 0. The Kier molecular flexibility index (Phi) is 4.57. The highest BCUT2D eigenvalue weighted by Crippen LogP contribution is 2.29. The molecule has 3 N–H and O–H groups in total. The van der Waals surface area contributed by atoms with E-state index < -0.39 is 0 Å². The number of urea groups is 1. The van der Waals surface area contributed by atoms with Gasteiger partial charge >= 0.3 is 6.03 Å². The average molecular weight is 315 g/mol. The third-order valence-corrected chi connectivity index (χ3v) is 4.12. The van der Waals surface area contributed by atoms with Crippen LogP contribution in [-0.2, 0) is 13.0 Å². The van der Waals surface area contributed by atoms with Gasteiger partial charge in [0.25, 0.3) is 0 Å². The van der Waals surface area contributed by atoms with E-state index in [1.165, 1.54) is 0 Å². The fraction of sp³-hybridized carbons (Fsp3) is 0.438. The van der Waals surface area contributed by atoms with Crippen LogP contribution in [0.2, 0.25) is 0 Å². The van der Waals surface area contributed by atoms with Crippen LogP contribution in [0.4, 0.5) is 10.6 Å². The Hall–Kier alpha value is -2.41. The average Bonchev–Trinajstić information content (AvgIpc) is 2.94. The second-order valence-corrected chi connectivity index (χ2v) is 5.71. The predicted molar refractivity (Wildman–Crippen MR) is 86.1 cm³/mol. The first kappa shape index (κ1) is 15.5. The number of hydrogen-bond donors (Lipinski definition) is 3.